The summed E-state index contributed by atoms with van der Waals surface area (Å²) in [5, 5.41) is 0. The van der Waals surface area contributed by atoms with Gasteiger partial charge in [0.25, 0.3) is 0 Å². The molecule has 0 spiro atoms. The van der Waals surface area contributed by atoms with Crippen LogP contribution in [0.5, 0.6) is 0 Å². The molecular weight excluding hydrogens is 366 g/mol. The van der Waals surface area contributed by atoms with Gasteiger partial charge >= 0.3 is 4.83 Å². The Labute approximate surface area is 126 Å². The summed E-state index contributed by atoms with van der Waals surface area (Å²) in [6.07, 6.45) is 8.35. The maximum atomic E-state index is 13.5. The molecule has 0 unspecified atom stereocenters. The van der Waals surface area contributed by atoms with Crippen LogP contribution in [0.1, 0.15) is 58.3 Å². The highest BCUT2D eigenvalue weighted by atomic mass is 79.9. The molecule has 0 aromatic rings. The molecule has 18 heavy (non-hydrogen) atoms. The maximum Gasteiger partial charge on any atom is 0.316 e. The van der Waals surface area contributed by atoms with E-state index in [1.807, 2.05) is 0 Å². The fraction of sp³-hybridized carbons (Fsp3) is 1.00. The van der Waals surface area contributed by atoms with Gasteiger partial charge in [0.05, 0.1) is 4.32 Å². The van der Waals surface area contributed by atoms with Crippen molar-refractivity contribution in [2.75, 3.05) is 0 Å². The molecule has 2 fully saturated rings. The van der Waals surface area contributed by atoms with Crippen molar-refractivity contribution in [2.45, 2.75) is 67.4 Å². The first-order chi connectivity index (χ1) is 8.32. The van der Waals surface area contributed by atoms with Gasteiger partial charge in [-0.3, -0.25) is 0 Å². The third-order valence-electron chi connectivity index (χ3n) is 5.06. The number of halogens is 4. The van der Waals surface area contributed by atoms with Crippen LogP contribution in [-0.4, -0.2) is 9.16 Å². The van der Waals surface area contributed by atoms with E-state index in [4.69, 9.17) is 0 Å². The van der Waals surface area contributed by atoms with Crippen molar-refractivity contribution in [1.29, 1.82) is 0 Å². The van der Waals surface area contributed by atoms with Crippen molar-refractivity contribution >= 4 is 31.9 Å². The quantitative estimate of drug-likeness (QED) is 0.500. The van der Waals surface area contributed by atoms with E-state index < -0.39 is 9.16 Å². The van der Waals surface area contributed by atoms with E-state index in [9.17, 15) is 8.78 Å². The van der Waals surface area contributed by atoms with Gasteiger partial charge in [0.1, 0.15) is 0 Å². The fourth-order valence-electron chi connectivity index (χ4n) is 3.61. The summed E-state index contributed by atoms with van der Waals surface area (Å²) in [7, 11) is 0. The zero-order valence-corrected chi connectivity index (χ0v) is 14.1. The highest BCUT2D eigenvalue weighted by Gasteiger charge is 2.52. The highest BCUT2D eigenvalue weighted by molar-refractivity contribution is 9.12. The zero-order valence-electron chi connectivity index (χ0n) is 10.9. The van der Waals surface area contributed by atoms with Crippen LogP contribution in [0.4, 0.5) is 8.78 Å². The van der Waals surface area contributed by atoms with E-state index in [1.54, 1.807) is 0 Å². The van der Waals surface area contributed by atoms with E-state index in [-0.39, 0.29) is 0 Å². The third kappa shape index (κ3) is 3.28. The molecule has 0 atom stereocenters. The van der Waals surface area contributed by atoms with E-state index in [0.29, 0.717) is 18.8 Å². The van der Waals surface area contributed by atoms with Gasteiger partial charge in [-0.1, -0.05) is 35.7 Å². The first-order valence-electron chi connectivity index (χ1n) is 7.07. The molecule has 2 aliphatic carbocycles. The first kappa shape index (κ1) is 15.2. The molecule has 4 heteroatoms. The normalized spacial score (nSPS) is 42.8. The van der Waals surface area contributed by atoms with Crippen LogP contribution in [0.25, 0.3) is 0 Å². The summed E-state index contributed by atoms with van der Waals surface area (Å²) in [5.41, 5.74) is 0. The Morgan fingerprint density at radius 3 is 1.83 bits per heavy atom. The van der Waals surface area contributed by atoms with Gasteiger partial charge in [0.2, 0.25) is 0 Å². The van der Waals surface area contributed by atoms with E-state index in [2.05, 4.69) is 38.8 Å². The summed E-state index contributed by atoms with van der Waals surface area (Å²) < 4.78 is 25.9. The molecule has 0 heterocycles. The minimum absolute atomic E-state index is 0.585. The Hall–Kier alpha value is 0.820. The standard InChI is InChI=1S/C14H22Br2F2/c1-10-2-4-11(5-3-10)12-6-8-13(15,9-7-12)14(16,17)18/h10-12H,2-9H2,1H3. The van der Waals surface area contributed by atoms with Crippen molar-refractivity contribution in [3.63, 3.8) is 0 Å². The molecule has 0 amide bonds. The predicted octanol–water partition coefficient (Wildman–Crippen LogP) is 6.12. The molecule has 2 aliphatic rings. The van der Waals surface area contributed by atoms with Gasteiger partial charge in [-0.15, -0.1) is 0 Å². The minimum atomic E-state index is -2.79. The molecule has 0 N–H and O–H groups in total. The fourth-order valence-corrected chi connectivity index (χ4v) is 4.46. The highest BCUT2D eigenvalue weighted by Crippen LogP contribution is 2.53. The Morgan fingerprint density at radius 2 is 1.39 bits per heavy atom. The Bertz CT molecular complexity index is 272. The summed E-state index contributed by atoms with van der Waals surface area (Å²) >= 11 is 5.82. The number of hydrogen-bond acceptors (Lipinski definition) is 0. The van der Waals surface area contributed by atoms with Crippen LogP contribution in [0.2, 0.25) is 0 Å². The SMILES string of the molecule is CC1CCC(C2CCC(Br)(C(F)(F)Br)CC2)CC1. The lowest BCUT2D eigenvalue weighted by atomic mass is 9.69. The maximum absolute atomic E-state index is 13.5. The molecule has 0 aliphatic heterocycles. The van der Waals surface area contributed by atoms with Crippen LogP contribution in [0, 0.1) is 17.8 Å². The summed E-state index contributed by atoms with van der Waals surface area (Å²) in [5.74, 6) is 2.34. The summed E-state index contributed by atoms with van der Waals surface area (Å²) in [6.45, 7) is 2.33. The van der Waals surface area contributed by atoms with E-state index >= 15 is 0 Å². The van der Waals surface area contributed by atoms with Gasteiger partial charge < -0.3 is 0 Å². The van der Waals surface area contributed by atoms with Crippen molar-refractivity contribution < 1.29 is 8.78 Å². The average Bonchev–Trinajstić information content (AvgIpc) is 2.30. The van der Waals surface area contributed by atoms with Gasteiger partial charge in [0.15, 0.2) is 0 Å². The Balaban J connectivity index is 1.87. The van der Waals surface area contributed by atoms with E-state index in [1.165, 1.54) is 25.7 Å². The lowest BCUT2D eigenvalue weighted by molar-refractivity contribution is 0.0346. The second-order valence-electron chi connectivity index (χ2n) is 6.32. The largest absolute Gasteiger partial charge is 0.316 e. The van der Waals surface area contributed by atoms with Gasteiger partial charge in [-0.25, -0.2) is 0 Å². The molecule has 0 aromatic carbocycles. The molecule has 0 aromatic heterocycles. The van der Waals surface area contributed by atoms with Gasteiger partial charge in [-0.05, 0) is 72.2 Å². The molecule has 0 saturated heterocycles. The molecule has 0 bridgehead atoms. The molecule has 0 radical (unpaired) electrons. The topological polar surface area (TPSA) is 0 Å². The third-order valence-corrected chi connectivity index (χ3v) is 7.64. The van der Waals surface area contributed by atoms with Crippen LogP contribution in [0.3, 0.4) is 0 Å². The molecular formula is C14H22Br2F2. The molecule has 2 rings (SSSR count). The first-order valence-corrected chi connectivity index (χ1v) is 8.66. The Kier molecular flexibility index (Phi) is 4.79. The number of rotatable bonds is 2. The number of alkyl halides is 4. The van der Waals surface area contributed by atoms with Crippen LogP contribution in [-0.2, 0) is 0 Å². The summed E-state index contributed by atoms with van der Waals surface area (Å²) in [4.78, 5) is -2.79. The van der Waals surface area contributed by atoms with Crippen LogP contribution >= 0.6 is 31.9 Å². The van der Waals surface area contributed by atoms with Gasteiger partial charge in [0, 0.05) is 0 Å². The van der Waals surface area contributed by atoms with Gasteiger partial charge in [-0.2, -0.15) is 8.78 Å². The van der Waals surface area contributed by atoms with Crippen LogP contribution in [0.15, 0.2) is 0 Å². The summed E-state index contributed by atoms with van der Waals surface area (Å²) in [6, 6.07) is 0. The smallest absolute Gasteiger partial charge is 0.192 e. The van der Waals surface area contributed by atoms with E-state index in [0.717, 1.165) is 24.7 Å². The van der Waals surface area contributed by atoms with Crippen molar-refractivity contribution in [2.24, 2.45) is 17.8 Å². The average molecular weight is 388 g/mol. The molecule has 2 saturated carbocycles. The molecule has 106 valence electrons. The lowest BCUT2D eigenvalue weighted by Gasteiger charge is -2.42. The lowest BCUT2D eigenvalue weighted by Crippen LogP contribution is -2.42. The minimum Gasteiger partial charge on any atom is -0.192 e. The second kappa shape index (κ2) is 5.67. The second-order valence-corrected chi connectivity index (χ2v) is 8.83. The monoisotopic (exact) mass is 386 g/mol. The van der Waals surface area contributed by atoms with Crippen molar-refractivity contribution in [3.8, 4) is 0 Å². The zero-order chi connectivity index (χ0) is 13.4. The van der Waals surface area contributed by atoms with Crippen LogP contribution < -0.4 is 0 Å². The van der Waals surface area contributed by atoms with Crippen molar-refractivity contribution in [1.82, 2.24) is 0 Å². The predicted molar refractivity (Wildman–Crippen MR) is 78.6 cm³/mol. The van der Waals surface area contributed by atoms with Crippen molar-refractivity contribution in [3.05, 3.63) is 0 Å². The number of hydrogen-bond donors (Lipinski definition) is 0. The Morgan fingerprint density at radius 1 is 0.944 bits per heavy atom. The molecule has 0 nitrogen and oxygen atoms in total.